The van der Waals surface area contributed by atoms with Crippen molar-refractivity contribution >= 4 is 22.1 Å². The molecule has 0 spiro atoms. The lowest BCUT2D eigenvalue weighted by molar-refractivity contribution is -0.297. The molecule has 6 atom stereocenters. The molecule has 0 aromatic carbocycles. The van der Waals surface area contributed by atoms with E-state index in [0.29, 0.717) is 12.8 Å². The fraction of sp³-hybridized carbons (Fsp3) is 0.574. The summed E-state index contributed by atoms with van der Waals surface area (Å²) in [7, 11) is -4.62. The zero-order chi connectivity index (χ0) is 44.1. The van der Waals surface area contributed by atoms with E-state index in [0.717, 1.165) is 77.0 Å². The van der Waals surface area contributed by atoms with Crippen molar-refractivity contribution in [3.8, 4) is 0 Å². The molecule has 1 saturated heterocycles. The summed E-state index contributed by atoms with van der Waals surface area (Å²) in [6.07, 6.45) is 40.1. The van der Waals surface area contributed by atoms with Gasteiger partial charge in [-0.05, 0) is 70.6 Å². The van der Waals surface area contributed by atoms with Crippen LogP contribution >= 0.6 is 0 Å². The summed E-state index contributed by atoms with van der Waals surface area (Å²) >= 11 is 0. The number of carbonyl (C=O) groups excluding carboxylic acids is 2. The third-order valence-electron chi connectivity index (χ3n) is 8.92. The molecule has 0 amide bonds. The lowest BCUT2D eigenvalue weighted by atomic mass is 10.00. The Morgan fingerprint density at radius 2 is 1.12 bits per heavy atom. The minimum absolute atomic E-state index is 0.0817. The summed E-state index contributed by atoms with van der Waals surface area (Å²) < 4.78 is 53.9. The molecule has 1 fully saturated rings. The van der Waals surface area contributed by atoms with Gasteiger partial charge in [-0.15, -0.1) is 0 Å². The summed E-state index contributed by atoms with van der Waals surface area (Å²) in [5, 5.41) is 30.8. The van der Waals surface area contributed by atoms with Crippen molar-refractivity contribution in [2.75, 3.05) is 19.0 Å². The molecule has 0 aromatic heterocycles. The van der Waals surface area contributed by atoms with Crippen LogP contribution in [0.25, 0.3) is 0 Å². The molecule has 1 rings (SSSR count). The molecule has 0 radical (unpaired) electrons. The van der Waals surface area contributed by atoms with Gasteiger partial charge in [-0.3, -0.25) is 14.1 Å². The molecule has 338 valence electrons. The summed E-state index contributed by atoms with van der Waals surface area (Å²) in [6.45, 7) is 3.40. The monoisotopic (exact) mass is 860 g/mol. The molecule has 0 saturated carbocycles. The predicted octanol–water partition coefficient (Wildman–Crippen LogP) is 8.44. The van der Waals surface area contributed by atoms with Crippen molar-refractivity contribution < 1.29 is 56.8 Å². The van der Waals surface area contributed by atoms with Crippen LogP contribution in [0.4, 0.5) is 0 Å². The number of allylic oxidation sites excluding steroid dienone is 18. The van der Waals surface area contributed by atoms with Gasteiger partial charge in [0.15, 0.2) is 12.4 Å². The van der Waals surface area contributed by atoms with Gasteiger partial charge < -0.3 is 34.3 Å². The van der Waals surface area contributed by atoms with E-state index in [9.17, 15) is 37.9 Å². The normalized spacial score (nSPS) is 21.2. The lowest BCUT2D eigenvalue weighted by Gasteiger charge is -2.40. The van der Waals surface area contributed by atoms with E-state index in [2.05, 4.69) is 86.8 Å². The molecular weight excluding hydrogens is 789 g/mol. The topological polar surface area (TPSA) is 186 Å². The average Bonchev–Trinajstić information content (AvgIpc) is 3.21. The van der Waals surface area contributed by atoms with Crippen molar-refractivity contribution in [1.29, 1.82) is 0 Å². The first-order chi connectivity index (χ1) is 29.0. The molecule has 13 heteroatoms. The molecule has 3 unspecified atom stereocenters. The van der Waals surface area contributed by atoms with Gasteiger partial charge >= 0.3 is 11.9 Å². The van der Waals surface area contributed by atoms with Gasteiger partial charge in [-0.25, -0.2) is 0 Å². The van der Waals surface area contributed by atoms with E-state index in [4.69, 9.17) is 18.9 Å². The largest absolute Gasteiger partial charge is 0.462 e. The number of carbonyl (C=O) groups is 2. The minimum Gasteiger partial charge on any atom is -0.462 e. The Morgan fingerprint density at radius 3 is 1.70 bits per heavy atom. The van der Waals surface area contributed by atoms with E-state index in [1.807, 2.05) is 36.5 Å². The van der Waals surface area contributed by atoms with Crippen LogP contribution < -0.4 is 0 Å². The first-order valence-corrected chi connectivity index (χ1v) is 23.1. The maximum absolute atomic E-state index is 12.8. The number of hydrogen-bond acceptors (Lipinski definition) is 11. The minimum atomic E-state index is -4.62. The highest BCUT2D eigenvalue weighted by Gasteiger charge is 2.46. The van der Waals surface area contributed by atoms with Crippen molar-refractivity contribution in [1.82, 2.24) is 0 Å². The van der Waals surface area contributed by atoms with Gasteiger partial charge in [-0.2, -0.15) is 8.42 Å². The highest BCUT2D eigenvalue weighted by Crippen LogP contribution is 2.24. The highest BCUT2D eigenvalue weighted by molar-refractivity contribution is 7.85. The second-order valence-electron chi connectivity index (χ2n) is 14.3. The quantitative estimate of drug-likeness (QED) is 0.0163. The fourth-order valence-electron chi connectivity index (χ4n) is 5.64. The second-order valence-corrected chi connectivity index (χ2v) is 15.8. The van der Waals surface area contributed by atoms with Gasteiger partial charge in [-0.1, -0.05) is 142 Å². The maximum Gasteiger partial charge on any atom is 0.306 e. The van der Waals surface area contributed by atoms with Gasteiger partial charge in [0, 0.05) is 12.8 Å². The van der Waals surface area contributed by atoms with Crippen LogP contribution in [0, 0.1) is 0 Å². The number of esters is 2. The van der Waals surface area contributed by atoms with Gasteiger partial charge in [0.25, 0.3) is 10.1 Å². The summed E-state index contributed by atoms with van der Waals surface area (Å²) in [5.41, 5.74) is 0. The Hall–Kier alpha value is -3.69. The Labute approximate surface area is 359 Å². The molecule has 4 N–H and O–H groups in total. The van der Waals surface area contributed by atoms with Crippen LogP contribution in [0.15, 0.2) is 109 Å². The SMILES string of the molecule is CC/C=C/C=C/C=C/CCCCCCCC(=O)OC(COC(=O)CC/C=C/C/C=C/C/C=C/C/C=C/C/C=C/C/C=C/CC)CO[C@H]1O[C@H](CS(=O)(=O)O)[C@@H](O)C(O)C1O. The van der Waals surface area contributed by atoms with E-state index >= 15 is 0 Å². The fourth-order valence-corrected chi connectivity index (χ4v) is 6.33. The third kappa shape index (κ3) is 30.4. The molecule has 12 nitrogen and oxygen atoms in total. The summed E-state index contributed by atoms with van der Waals surface area (Å²) in [4.78, 5) is 25.3. The van der Waals surface area contributed by atoms with Crippen LogP contribution in [0.3, 0.4) is 0 Å². The second kappa shape index (κ2) is 36.0. The van der Waals surface area contributed by atoms with E-state index in [1.54, 1.807) is 0 Å². The predicted molar refractivity (Wildman–Crippen MR) is 237 cm³/mol. The Balaban J connectivity index is 2.54. The van der Waals surface area contributed by atoms with Crippen LogP contribution in [0.5, 0.6) is 0 Å². The number of ether oxygens (including phenoxy) is 4. The van der Waals surface area contributed by atoms with Crippen LogP contribution in [0.1, 0.15) is 117 Å². The number of hydrogen-bond donors (Lipinski definition) is 4. The van der Waals surface area contributed by atoms with Gasteiger partial charge in [0.2, 0.25) is 0 Å². The van der Waals surface area contributed by atoms with E-state index < -0.39 is 71.2 Å². The third-order valence-corrected chi connectivity index (χ3v) is 9.67. The standard InChI is InChI=1S/C47H72O12S/c1-3-5-7-9-11-13-15-17-18-19-20-21-22-24-25-27-29-31-33-35-42(48)56-37-40(38-57-47-46(52)45(51)44(50)41(59-47)39-60(53,54)55)58-43(49)36-34-32-30-28-26-23-16-14-12-10-8-6-4-2/h5-8,10-14,16-18,20-21,24-25,29,31,40-41,44-47,50-52H,3-4,9,15,19,22-23,26-28,30,32-39H2,1-2H3,(H,53,54,55)/b7-5+,8-6+,12-10+,13-11+,16-14+,18-17+,21-20+,25-24+,31-29+/t40?,41-,44-,45?,46?,47+/m1/s1. The average molecular weight is 861 g/mol. The number of rotatable bonds is 33. The first-order valence-electron chi connectivity index (χ1n) is 21.5. The molecular formula is C47H72O12S. The van der Waals surface area contributed by atoms with Crippen molar-refractivity contribution in [2.45, 2.75) is 153 Å². The van der Waals surface area contributed by atoms with E-state index in [1.165, 1.54) is 0 Å². The van der Waals surface area contributed by atoms with Crippen LogP contribution in [0.2, 0.25) is 0 Å². The van der Waals surface area contributed by atoms with Crippen molar-refractivity contribution in [2.24, 2.45) is 0 Å². The Bertz CT molecular complexity index is 1520. The zero-order valence-corrected chi connectivity index (χ0v) is 36.6. The maximum atomic E-state index is 12.8. The summed E-state index contributed by atoms with van der Waals surface area (Å²) in [6, 6.07) is 0. The molecule has 1 aliphatic heterocycles. The van der Waals surface area contributed by atoms with Crippen LogP contribution in [-0.2, 0) is 38.7 Å². The molecule has 0 aliphatic carbocycles. The Morgan fingerprint density at radius 1 is 0.583 bits per heavy atom. The number of unbranched alkanes of at least 4 members (excludes halogenated alkanes) is 5. The smallest absolute Gasteiger partial charge is 0.306 e. The molecule has 60 heavy (non-hydrogen) atoms. The van der Waals surface area contributed by atoms with Crippen molar-refractivity contribution in [3.63, 3.8) is 0 Å². The van der Waals surface area contributed by atoms with Gasteiger partial charge in [0.1, 0.15) is 36.8 Å². The molecule has 0 bridgehead atoms. The first kappa shape index (κ1) is 54.3. The zero-order valence-electron chi connectivity index (χ0n) is 35.8. The van der Waals surface area contributed by atoms with Gasteiger partial charge in [0.05, 0.1) is 6.61 Å². The highest BCUT2D eigenvalue weighted by atomic mass is 32.2. The number of aliphatic hydroxyl groups is 3. The number of aliphatic hydroxyl groups excluding tert-OH is 3. The Kier molecular flexibility index (Phi) is 32.6. The summed E-state index contributed by atoms with van der Waals surface area (Å²) in [5.74, 6) is -2.14. The molecule has 1 aliphatic rings. The lowest BCUT2D eigenvalue weighted by Crippen LogP contribution is -2.60. The van der Waals surface area contributed by atoms with E-state index in [-0.39, 0.29) is 19.4 Å². The van der Waals surface area contributed by atoms with Crippen molar-refractivity contribution in [3.05, 3.63) is 109 Å². The van der Waals surface area contributed by atoms with Crippen LogP contribution in [-0.4, -0.2) is 96.0 Å². The molecule has 1 heterocycles. The molecule has 0 aromatic rings.